The molecule has 1 fully saturated rings. The van der Waals surface area contributed by atoms with Crippen molar-refractivity contribution >= 4 is 21.6 Å². The minimum Gasteiger partial charge on any atom is -0.508 e. The first kappa shape index (κ1) is 21.8. The van der Waals surface area contributed by atoms with E-state index in [1.54, 1.807) is 56.0 Å². The average molecular weight is 443 g/mol. The zero-order valence-corrected chi connectivity index (χ0v) is 19.1. The molecule has 2 aromatic rings. The van der Waals surface area contributed by atoms with Crippen LogP contribution in [-0.2, 0) is 15.4 Å². The van der Waals surface area contributed by atoms with Gasteiger partial charge in [0.15, 0.2) is 0 Å². The van der Waals surface area contributed by atoms with Gasteiger partial charge in [-0.15, -0.1) is 0 Å². The van der Waals surface area contributed by atoms with Crippen molar-refractivity contribution in [3.63, 3.8) is 0 Å². The van der Waals surface area contributed by atoms with Crippen LogP contribution in [0.3, 0.4) is 0 Å². The molecule has 0 aromatic heterocycles. The van der Waals surface area contributed by atoms with Gasteiger partial charge in [-0.3, -0.25) is 4.79 Å². The number of nitrogens with zero attached hydrogens (tertiary/aromatic N) is 1. The molecular formula is C24H30N2O4S. The van der Waals surface area contributed by atoms with Gasteiger partial charge in [0.05, 0.1) is 4.90 Å². The van der Waals surface area contributed by atoms with Crippen LogP contribution in [-0.4, -0.2) is 31.5 Å². The average Bonchev–Trinajstić information content (AvgIpc) is 2.99. The van der Waals surface area contributed by atoms with Crippen LogP contribution >= 0.6 is 0 Å². The monoisotopic (exact) mass is 442 g/mol. The second-order valence-electron chi connectivity index (χ2n) is 9.82. The first-order valence-electron chi connectivity index (χ1n) is 10.8. The number of carbonyl (C=O) groups is 1. The van der Waals surface area contributed by atoms with E-state index in [1.807, 2.05) is 0 Å². The van der Waals surface area contributed by atoms with Crippen LogP contribution in [0.15, 0.2) is 47.4 Å². The Hall–Kier alpha value is -2.38. The fourth-order valence-electron chi connectivity index (χ4n) is 4.91. The largest absolute Gasteiger partial charge is 0.508 e. The van der Waals surface area contributed by atoms with Crippen LogP contribution in [0.1, 0.15) is 68.8 Å². The number of phenolic OH excluding ortho intramolecular Hbond substituents is 1. The maximum absolute atomic E-state index is 13.5. The molecule has 1 heterocycles. The number of sulfonamides is 1. The number of rotatable bonds is 3. The second kappa shape index (κ2) is 7.64. The fraction of sp³-hybridized carbons (Fsp3) is 0.458. The molecule has 0 atom stereocenters. The predicted octanol–water partition coefficient (Wildman–Crippen LogP) is 4.33. The van der Waals surface area contributed by atoms with Gasteiger partial charge in [0.1, 0.15) is 5.75 Å². The summed E-state index contributed by atoms with van der Waals surface area (Å²) in [6.07, 6.45) is 5.35. The summed E-state index contributed by atoms with van der Waals surface area (Å²) in [6.45, 7) is 5.89. The number of nitrogens with one attached hydrogen (secondary N) is 1. The summed E-state index contributed by atoms with van der Waals surface area (Å²) in [7, 11) is -3.74. The summed E-state index contributed by atoms with van der Waals surface area (Å²) < 4.78 is 28.2. The van der Waals surface area contributed by atoms with E-state index in [9.17, 15) is 18.3 Å². The van der Waals surface area contributed by atoms with Crippen molar-refractivity contribution in [1.82, 2.24) is 4.72 Å². The molecule has 2 aromatic carbocycles. The highest BCUT2D eigenvalue weighted by molar-refractivity contribution is 7.89. The van der Waals surface area contributed by atoms with Crippen LogP contribution in [0.2, 0.25) is 0 Å². The molecule has 2 aliphatic rings. The maximum atomic E-state index is 13.5. The van der Waals surface area contributed by atoms with E-state index in [0.29, 0.717) is 12.1 Å². The number of hydrogen-bond acceptors (Lipinski definition) is 4. The zero-order valence-electron chi connectivity index (χ0n) is 18.3. The molecule has 0 unspecified atom stereocenters. The Balaban J connectivity index is 1.70. The van der Waals surface area contributed by atoms with Crippen molar-refractivity contribution in [2.45, 2.75) is 68.7 Å². The lowest BCUT2D eigenvalue weighted by atomic mass is 9.71. The molecule has 0 saturated heterocycles. The smallest absolute Gasteiger partial charge is 0.258 e. The quantitative estimate of drug-likeness (QED) is 0.741. The predicted molar refractivity (Wildman–Crippen MR) is 121 cm³/mol. The van der Waals surface area contributed by atoms with E-state index < -0.39 is 15.6 Å². The topological polar surface area (TPSA) is 86.7 Å². The third-order valence-electron chi connectivity index (χ3n) is 6.19. The van der Waals surface area contributed by atoms with Crippen LogP contribution in [0, 0.1) is 0 Å². The lowest BCUT2D eigenvalue weighted by molar-refractivity contribution is 0.0982. The minimum absolute atomic E-state index is 0.0748. The highest BCUT2D eigenvalue weighted by Crippen LogP contribution is 2.50. The lowest BCUT2D eigenvalue weighted by Gasteiger charge is -2.34. The number of benzene rings is 2. The number of fused-ring (bicyclic) bond motifs is 2. The number of amides is 1. The van der Waals surface area contributed by atoms with E-state index in [1.165, 1.54) is 18.6 Å². The van der Waals surface area contributed by atoms with Gasteiger partial charge in [-0.1, -0.05) is 25.3 Å². The van der Waals surface area contributed by atoms with E-state index in [2.05, 4.69) is 4.72 Å². The Morgan fingerprint density at radius 3 is 2.45 bits per heavy atom. The summed E-state index contributed by atoms with van der Waals surface area (Å²) in [6, 6.07) is 11.4. The van der Waals surface area contributed by atoms with E-state index in [4.69, 9.17) is 0 Å². The summed E-state index contributed by atoms with van der Waals surface area (Å²) in [4.78, 5) is 15.4. The van der Waals surface area contributed by atoms with Gasteiger partial charge in [-0.05, 0) is 75.6 Å². The molecular weight excluding hydrogens is 412 g/mol. The molecule has 1 amide bonds. The van der Waals surface area contributed by atoms with Crippen molar-refractivity contribution in [2.75, 3.05) is 11.4 Å². The summed E-state index contributed by atoms with van der Waals surface area (Å²) in [5.41, 5.74) is 1.41. The molecule has 1 saturated carbocycles. The molecule has 4 rings (SSSR count). The first-order chi connectivity index (χ1) is 14.5. The fourth-order valence-corrected chi connectivity index (χ4v) is 6.37. The van der Waals surface area contributed by atoms with Crippen molar-refractivity contribution in [3.05, 3.63) is 53.6 Å². The number of aromatic hydroxyl groups is 1. The maximum Gasteiger partial charge on any atom is 0.258 e. The van der Waals surface area contributed by atoms with E-state index in [0.717, 1.165) is 36.9 Å². The van der Waals surface area contributed by atoms with E-state index >= 15 is 0 Å². The molecule has 6 nitrogen and oxygen atoms in total. The van der Waals surface area contributed by atoms with Crippen molar-refractivity contribution in [2.24, 2.45) is 0 Å². The third-order valence-corrected chi connectivity index (χ3v) is 7.95. The van der Waals surface area contributed by atoms with Gasteiger partial charge in [0.2, 0.25) is 10.0 Å². The standard InChI is InChI=1S/C24H30N2O4S/c1-23(2,3)25-31(29,30)19-9-7-8-17(14-19)22(28)26-16-24(12-5-4-6-13-24)20-15-18(27)10-11-21(20)26/h7-11,14-15,25,27H,4-6,12-13,16H2,1-3H3. The van der Waals surface area contributed by atoms with Crippen LogP contribution < -0.4 is 9.62 Å². The van der Waals surface area contributed by atoms with Crippen molar-refractivity contribution in [3.8, 4) is 5.75 Å². The van der Waals surface area contributed by atoms with Gasteiger partial charge in [0.25, 0.3) is 5.91 Å². The summed E-state index contributed by atoms with van der Waals surface area (Å²) in [5, 5.41) is 10.1. The Kier molecular flexibility index (Phi) is 5.38. The van der Waals surface area contributed by atoms with E-state index in [-0.39, 0.29) is 22.0 Å². The lowest BCUT2D eigenvalue weighted by Crippen LogP contribution is -2.40. The Bertz CT molecular complexity index is 1110. The van der Waals surface area contributed by atoms with Crippen molar-refractivity contribution < 1.29 is 18.3 Å². The number of phenols is 1. The highest BCUT2D eigenvalue weighted by Gasteiger charge is 2.45. The Morgan fingerprint density at radius 1 is 1.06 bits per heavy atom. The SMILES string of the molecule is CC(C)(C)NS(=O)(=O)c1cccc(C(=O)N2CC3(CCCCC3)c3cc(O)ccc32)c1. The molecule has 31 heavy (non-hydrogen) atoms. The van der Waals surface area contributed by atoms with Gasteiger partial charge in [0, 0.05) is 28.7 Å². The first-order valence-corrected chi connectivity index (χ1v) is 12.3. The molecule has 7 heteroatoms. The van der Waals surface area contributed by atoms with Gasteiger partial charge in [-0.2, -0.15) is 0 Å². The zero-order chi connectivity index (χ0) is 22.4. The summed E-state index contributed by atoms with van der Waals surface area (Å²) in [5.74, 6) is -0.0125. The molecule has 166 valence electrons. The molecule has 0 bridgehead atoms. The van der Waals surface area contributed by atoms with Gasteiger partial charge >= 0.3 is 0 Å². The van der Waals surface area contributed by atoms with Crippen LogP contribution in [0.25, 0.3) is 0 Å². The van der Waals surface area contributed by atoms with Crippen molar-refractivity contribution in [1.29, 1.82) is 0 Å². The molecule has 0 radical (unpaired) electrons. The highest BCUT2D eigenvalue weighted by atomic mass is 32.2. The minimum atomic E-state index is -3.74. The van der Waals surface area contributed by atoms with Crippen LogP contribution in [0.4, 0.5) is 5.69 Å². The Morgan fingerprint density at radius 2 is 1.77 bits per heavy atom. The van der Waals surface area contributed by atoms with Gasteiger partial charge < -0.3 is 10.0 Å². The normalized spacial score (nSPS) is 18.2. The number of carbonyl (C=O) groups excluding carboxylic acids is 1. The number of anilines is 1. The number of hydrogen-bond donors (Lipinski definition) is 2. The Labute approximate surface area is 184 Å². The second-order valence-corrected chi connectivity index (χ2v) is 11.5. The van der Waals surface area contributed by atoms with Gasteiger partial charge in [-0.25, -0.2) is 13.1 Å². The molecule has 1 aliphatic heterocycles. The molecule has 1 aliphatic carbocycles. The summed E-state index contributed by atoms with van der Waals surface area (Å²) >= 11 is 0. The third kappa shape index (κ3) is 4.21. The molecule has 2 N–H and O–H groups in total. The molecule has 1 spiro atoms. The van der Waals surface area contributed by atoms with Crippen LogP contribution in [0.5, 0.6) is 5.75 Å².